The van der Waals surface area contributed by atoms with Crippen LogP contribution in [0.4, 0.5) is 5.69 Å². The van der Waals surface area contributed by atoms with E-state index in [0.717, 1.165) is 17.1 Å². The fourth-order valence-corrected chi connectivity index (χ4v) is 5.04. The van der Waals surface area contributed by atoms with Crippen molar-refractivity contribution in [1.29, 1.82) is 0 Å². The number of nitrogens with one attached hydrogen (secondary N) is 2. The molecule has 1 amide bonds. The normalized spacial score (nSPS) is 11.2. The number of thioether (sulfide) groups is 1. The Hall–Kier alpha value is -2.48. The second kappa shape index (κ2) is 10.9. The van der Waals surface area contributed by atoms with Gasteiger partial charge in [0.1, 0.15) is 0 Å². The van der Waals surface area contributed by atoms with Crippen LogP contribution in [-0.4, -0.2) is 26.6 Å². The van der Waals surface area contributed by atoms with Crippen molar-refractivity contribution in [2.45, 2.75) is 24.5 Å². The van der Waals surface area contributed by atoms with Gasteiger partial charge in [0.25, 0.3) is 15.9 Å². The van der Waals surface area contributed by atoms with Crippen LogP contribution in [0, 0.1) is 13.8 Å². The highest BCUT2D eigenvalue weighted by molar-refractivity contribution is 7.98. The lowest BCUT2D eigenvalue weighted by molar-refractivity contribution is 0.0956. The minimum atomic E-state index is -3.74. The van der Waals surface area contributed by atoms with Gasteiger partial charge < -0.3 is 5.32 Å². The van der Waals surface area contributed by atoms with Gasteiger partial charge in [0, 0.05) is 18.1 Å². The molecule has 0 radical (unpaired) electrons. The molecule has 0 heterocycles. The standard InChI is InChI=1S/C24H25ClN2O3S2/c1-17-3-7-19(8-4-17)16-31-14-13-26-24(28)22-12-9-20(15-23(22)25)27-32(29,30)21-10-5-18(2)6-11-21/h3-12,15,27H,13-14,16H2,1-2H3,(H,26,28). The number of sulfonamides is 1. The molecule has 0 aromatic heterocycles. The van der Waals surface area contributed by atoms with Crippen molar-refractivity contribution in [3.8, 4) is 0 Å². The van der Waals surface area contributed by atoms with E-state index < -0.39 is 10.0 Å². The second-order valence-electron chi connectivity index (χ2n) is 7.41. The van der Waals surface area contributed by atoms with Crippen molar-refractivity contribution in [1.82, 2.24) is 5.32 Å². The maximum atomic E-state index is 12.5. The Morgan fingerprint density at radius 1 is 0.938 bits per heavy atom. The van der Waals surface area contributed by atoms with Gasteiger partial charge in [-0.2, -0.15) is 11.8 Å². The van der Waals surface area contributed by atoms with E-state index in [1.54, 1.807) is 23.9 Å². The molecule has 168 valence electrons. The van der Waals surface area contributed by atoms with Gasteiger partial charge in [-0.3, -0.25) is 9.52 Å². The summed E-state index contributed by atoms with van der Waals surface area (Å²) in [7, 11) is -3.74. The molecule has 3 aromatic rings. The lowest BCUT2D eigenvalue weighted by atomic mass is 10.2. The number of aryl methyl sites for hydroxylation is 2. The van der Waals surface area contributed by atoms with E-state index >= 15 is 0 Å². The number of rotatable bonds is 9. The zero-order valence-corrected chi connectivity index (χ0v) is 20.3. The van der Waals surface area contributed by atoms with Gasteiger partial charge in [-0.1, -0.05) is 59.1 Å². The second-order valence-corrected chi connectivity index (χ2v) is 10.6. The number of amides is 1. The number of hydrogen-bond acceptors (Lipinski definition) is 4. The van der Waals surface area contributed by atoms with Crippen molar-refractivity contribution in [2.75, 3.05) is 17.0 Å². The zero-order chi connectivity index (χ0) is 23.1. The molecule has 32 heavy (non-hydrogen) atoms. The first-order valence-electron chi connectivity index (χ1n) is 10.0. The molecule has 2 N–H and O–H groups in total. The minimum Gasteiger partial charge on any atom is -0.351 e. The van der Waals surface area contributed by atoms with Crippen molar-refractivity contribution >= 4 is 45.0 Å². The Balaban J connectivity index is 1.52. The molecule has 0 fully saturated rings. The number of hydrogen-bond donors (Lipinski definition) is 2. The summed E-state index contributed by atoms with van der Waals surface area (Å²) in [5.41, 5.74) is 4.04. The third kappa shape index (κ3) is 6.76. The molecule has 0 bridgehead atoms. The third-order valence-corrected chi connectivity index (χ3v) is 7.46. The van der Waals surface area contributed by atoms with Crippen LogP contribution in [0.2, 0.25) is 5.02 Å². The average Bonchev–Trinajstić information content (AvgIpc) is 2.75. The van der Waals surface area contributed by atoms with Gasteiger partial charge in [0.2, 0.25) is 0 Å². The molecule has 3 rings (SSSR count). The minimum absolute atomic E-state index is 0.157. The van der Waals surface area contributed by atoms with Crippen LogP contribution in [0.1, 0.15) is 27.0 Å². The molecule has 3 aromatic carbocycles. The lowest BCUT2D eigenvalue weighted by Gasteiger charge is -2.11. The van der Waals surface area contributed by atoms with E-state index in [2.05, 4.69) is 41.2 Å². The summed E-state index contributed by atoms with van der Waals surface area (Å²) in [6, 6.07) is 19.4. The van der Waals surface area contributed by atoms with Crippen LogP contribution in [0.15, 0.2) is 71.6 Å². The summed E-state index contributed by atoms with van der Waals surface area (Å²) < 4.78 is 27.6. The first kappa shape index (κ1) is 24.2. The van der Waals surface area contributed by atoms with E-state index in [1.165, 1.54) is 41.5 Å². The molecule has 8 heteroatoms. The monoisotopic (exact) mass is 488 g/mol. The van der Waals surface area contributed by atoms with Gasteiger partial charge >= 0.3 is 0 Å². The molecular formula is C24H25ClN2O3S2. The summed E-state index contributed by atoms with van der Waals surface area (Å²) >= 11 is 7.99. The number of anilines is 1. The highest BCUT2D eigenvalue weighted by Crippen LogP contribution is 2.23. The summed E-state index contributed by atoms with van der Waals surface area (Å²) in [6.07, 6.45) is 0. The first-order valence-corrected chi connectivity index (χ1v) is 13.1. The predicted molar refractivity (Wildman–Crippen MR) is 133 cm³/mol. The Bertz CT molecular complexity index is 1180. The third-order valence-electron chi connectivity index (χ3n) is 4.72. The molecular weight excluding hydrogens is 464 g/mol. The van der Waals surface area contributed by atoms with Gasteiger partial charge in [-0.05, 0) is 49.7 Å². The maximum absolute atomic E-state index is 12.5. The summed E-state index contributed by atoms with van der Waals surface area (Å²) in [5.74, 6) is 1.36. The average molecular weight is 489 g/mol. The molecule has 0 aliphatic heterocycles. The summed E-state index contributed by atoms with van der Waals surface area (Å²) in [5, 5.41) is 3.03. The van der Waals surface area contributed by atoms with E-state index in [4.69, 9.17) is 11.6 Å². The Labute approximate surface area is 198 Å². The molecule has 0 aliphatic rings. The summed E-state index contributed by atoms with van der Waals surface area (Å²) in [6.45, 7) is 4.45. The predicted octanol–water partition coefficient (Wildman–Crippen LogP) is 5.42. The van der Waals surface area contributed by atoms with Crippen LogP contribution in [0.3, 0.4) is 0 Å². The first-order chi connectivity index (χ1) is 15.2. The Morgan fingerprint density at radius 3 is 2.19 bits per heavy atom. The number of halogens is 1. The van der Waals surface area contributed by atoms with Crippen LogP contribution < -0.4 is 10.0 Å². The molecule has 0 spiro atoms. The topological polar surface area (TPSA) is 75.3 Å². The van der Waals surface area contributed by atoms with Crippen LogP contribution >= 0.6 is 23.4 Å². The molecule has 0 saturated heterocycles. The number of carbonyl (C=O) groups excluding carboxylic acids is 1. The van der Waals surface area contributed by atoms with Crippen molar-refractivity contribution in [3.05, 3.63) is 94.0 Å². The number of carbonyl (C=O) groups is 1. The van der Waals surface area contributed by atoms with Crippen LogP contribution in [0.5, 0.6) is 0 Å². The molecule has 0 aliphatic carbocycles. The lowest BCUT2D eigenvalue weighted by Crippen LogP contribution is -2.26. The van der Waals surface area contributed by atoms with E-state index in [1.807, 2.05) is 6.92 Å². The molecule has 5 nitrogen and oxygen atoms in total. The molecule has 0 unspecified atom stereocenters. The zero-order valence-electron chi connectivity index (χ0n) is 17.9. The SMILES string of the molecule is Cc1ccc(CSCCNC(=O)c2ccc(NS(=O)(=O)c3ccc(C)cc3)cc2Cl)cc1. The van der Waals surface area contributed by atoms with Crippen LogP contribution in [0.25, 0.3) is 0 Å². The van der Waals surface area contributed by atoms with Gasteiger partial charge in [-0.15, -0.1) is 0 Å². The van der Waals surface area contributed by atoms with Crippen LogP contribution in [-0.2, 0) is 15.8 Å². The van der Waals surface area contributed by atoms with E-state index in [0.29, 0.717) is 17.8 Å². The van der Waals surface area contributed by atoms with E-state index in [9.17, 15) is 13.2 Å². The van der Waals surface area contributed by atoms with Gasteiger partial charge in [0.15, 0.2) is 0 Å². The van der Waals surface area contributed by atoms with E-state index in [-0.39, 0.29) is 15.8 Å². The maximum Gasteiger partial charge on any atom is 0.261 e. The molecule has 0 atom stereocenters. The highest BCUT2D eigenvalue weighted by Gasteiger charge is 2.16. The van der Waals surface area contributed by atoms with Crippen molar-refractivity contribution < 1.29 is 13.2 Å². The number of benzene rings is 3. The smallest absolute Gasteiger partial charge is 0.261 e. The van der Waals surface area contributed by atoms with Crippen molar-refractivity contribution in [2.24, 2.45) is 0 Å². The molecule has 0 saturated carbocycles. The van der Waals surface area contributed by atoms with Crippen molar-refractivity contribution in [3.63, 3.8) is 0 Å². The fraction of sp³-hybridized carbons (Fsp3) is 0.208. The quantitative estimate of drug-likeness (QED) is 0.394. The van der Waals surface area contributed by atoms with Gasteiger partial charge in [0.05, 0.1) is 21.2 Å². The largest absolute Gasteiger partial charge is 0.351 e. The summed E-state index contributed by atoms with van der Waals surface area (Å²) in [4.78, 5) is 12.6. The Kier molecular flexibility index (Phi) is 8.23. The fourth-order valence-electron chi connectivity index (χ4n) is 2.90. The Morgan fingerprint density at radius 2 is 1.56 bits per heavy atom. The van der Waals surface area contributed by atoms with Gasteiger partial charge in [-0.25, -0.2) is 8.42 Å². The highest BCUT2D eigenvalue weighted by atomic mass is 35.5.